The monoisotopic (exact) mass is 1030 g/mol. The first-order valence-electron chi connectivity index (χ1n) is 31.6. The molecule has 0 aromatic heterocycles. The van der Waals surface area contributed by atoms with E-state index in [0.29, 0.717) is 19.3 Å². The smallest absolute Gasteiger partial charge is 0.306 e. The summed E-state index contributed by atoms with van der Waals surface area (Å²) in [5.41, 5.74) is 0. The minimum absolute atomic E-state index is 0.0903. The van der Waals surface area contributed by atoms with Crippen LogP contribution in [0.3, 0.4) is 0 Å². The van der Waals surface area contributed by atoms with Crippen LogP contribution in [0.1, 0.15) is 310 Å². The summed E-state index contributed by atoms with van der Waals surface area (Å²) < 4.78 is 16.9. The van der Waals surface area contributed by atoms with E-state index in [1.54, 1.807) is 0 Å². The molecule has 0 fully saturated rings. The predicted octanol–water partition coefficient (Wildman–Crippen LogP) is 21.5. The van der Waals surface area contributed by atoms with Crippen molar-refractivity contribution in [2.45, 2.75) is 316 Å². The topological polar surface area (TPSA) is 78.9 Å². The van der Waals surface area contributed by atoms with Gasteiger partial charge in [-0.1, -0.05) is 254 Å². The van der Waals surface area contributed by atoms with Gasteiger partial charge < -0.3 is 14.2 Å². The van der Waals surface area contributed by atoms with Crippen LogP contribution in [0.2, 0.25) is 0 Å². The van der Waals surface area contributed by atoms with Gasteiger partial charge in [-0.2, -0.15) is 0 Å². The lowest BCUT2D eigenvalue weighted by Gasteiger charge is -2.18. The standard InChI is InChI=1S/C68H118O6/c1-4-7-10-13-16-19-22-25-28-30-32-34-36-38-40-43-46-49-52-55-58-61-67(70)73-64-65(63-72-66(69)60-57-54-51-48-45-42-27-24-21-18-15-12-9-6-3)74-68(71)62-59-56-53-50-47-44-41-39-37-35-33-31-29-26-23-20-17-14-11-8-5-2/h22-27,30-33,36-39,65H,4-21,28-29,34-35,40-64H2,1-3H3/b25-22-,26-23-,27-24-,32-30-,33-31-,38-36-,39-37-. The third-order valence-electron chi connectivity index (χ3n) is 13.6. The molecule has 0 saturated carbocycles. The number of esters is 3. The zero-order valence-corrected chi connectivity index (χ0v) is 48.8. The first-order chi connectivity index (χ1) is 36.5. The summed E-state index contributed by atoms with van der Waals surface area (Å²) in [6.07, 6.45) is 81.5. The minimum Gasteiger partial charge on any atom is -0.462 e. The summed E-state index contributed by atoms with van der Waals surface area (Å²) >= 11 is 0. The van der Waals surface area contributed by atoms with Gasteiger partial charge in [0.05, 0.1) is 0 Å². The first kappa shape index (κ1) is 70.6. The van der Waals surface area contributed by atoms with Gasteiger partial charge in [-0.3, -0.25) is 14.4 Å². The number of unbranched alkanes of at least 4 members (excludes halogenated alkanes) is 32. The lowest BCUT2D eigenvalue weighted by molar-refractivity contribution is -0.167. The Hall–Kier alpha value is -3.41. The van der Waals surface area contributed by atoms with E-state index < -0.39 is 6.10 Å². The van der Waals surface area contributed by atoms with E-state index in [1.165, 1.54) is 161 Å². The number of carbonyl (C=O) groups is 3. The molecule has 426 valence electrons. The van der Waals surface area contributed by atoms with Crippen molar-refractivity contribution >= 4 is 17.9 Å². The molecule has 1 atom stereocenters. The Labute approximate surface area is 458 Å². The van der Waals surface area contributed by atoms with E-state index in [4.69, 9.17) is 14.2 Å². The molecule has 0 bridgehead atoms. The molecule has 0 heterocycles. The number of hydrogen-bond acceptors (Lipinski definition) is 6. The van der Waals surface area contributed by atoms with Crippen LogP contribution in [0.5, 0.6) is 0 Å². The Morgan fingerprint density at radius 2 is 0.486 bits per heavy atom. The molecule has 74 heavy (non-hydrogen) atoms. The van der Waals surface area contributed by atoms with Gasteiger partial charge in [0.15, 0.2) is 6.10 Å². The molecule has 0 saturated heterocycles. The molecule has 0 spiro atoms. The van der Waals surface area contributed by atoms with Gasteiger partial charge in [0.1, 0.15) is 13.2 Å². The molecule has 0 N–H and O–H groups in total. The second-order valence-corrected chi connectivity index (χ2v) is 21.0. The SMILES string of the molecule is CCCCCCC/C=C\C/C=C\C/C=C\CCCCCCCCC(=O)OCC(COC(=O)CCCCCCC/C=C\CCCCCCC)OC(=O)CCCCCCCC/C=C\C/C=C\C/C=C\CCCCCCC. The highest BCUT2D eigenvalue weighted by molar-refractivity contribution is 5.71. The van der Waals surface area contributed by atoms with Gasteiger partial charge in [0.25, 0.3) is 0 Å². The Morgan fingerprint density at radius 1 is 0.270 bits per heavy atom. The quantitative estimate of drug-likeness (QED) is 0.0261. The molecule has 0 aromatic rings. The number of carbonyl (C=O) groups excluding carboxylic acids is 3. The predicted molar refractivity (Wildman–Crippen MR) is 321 cm³/mol. The fraction of sp³-hybridized carbons (Fsp3) is 0.750. The maximum Gasteiger partial charge on any atom is 0.306 e. The van der Waals surface area contributed by atoms with Crippen molar-refractivity contribution in [1.82, 2.24) is 0 Å². The Balaban J connectivity index is 4.42. The van der Waals surface area contributed by atoms with Crippen LogP contribution in [-0.2, 0) is 28.6 Å². The maximum absolute atomic E-state index is 12.9. The van der Waals surface area contributed by atoms with E-state index in [9.17, 15) is 14.4 Å². The second kappa shape index (κ2) is 62.1. The molecular formula is C68H118O6. The van der Waals surface area contributed by atoms with Crippen molar-refractivity contribution in [3.05, 3.63) is 85.1 Å². The Morgan fingerprint density at radius 3 is 0.770 bits per heavy atom. The second-order valence-electron chi connectivity index (χ2n) is 21.0. The number of ether oxygens (including phenoxy) is 3. The number of allylic oxidation sites excluding steroid dienone is 14. The summed E-state index contributed by atoms with van der Waals surface area (Å²) in [5, 5.41) is 0. The summed E-state index contributed by atoms with van der Waals surface area (Å²) in [7, 11) is 0. The van der Waals surface area contributed by atoms with E-state index in [-0.39, 0.29) is 31.1 Å². The molecule has 6 heteroatoms. The van der Waals surface area contributed by atoms with Crippen LogP contribution in [0.4, 0.5) is 0 Å². The highest BCUT2D eigenvalue weighted by atomic mass is 16.6. The third kappa shape index (κ3) is 59.5. The molecule has 0 aromatic carbocycles. The lowest BCUT2D eigenvalue weighted by atomic mass is 10.1. The Kier molecular flexibility index (Phi) is 59.3. The van der Waals surface area contributed by atoms with E-state index in [2.05, 4.69) is 106 Å². The Bertz CT molecular complexity index is 1420. The van der Waals surface area contributed by atoms with Gasteiger partial charge in [-0.25, -0.2) is 0 Å². The van der Waals surface area contributed by atoms with Crippen molar-refractivity contribution in [1.29, 1.82) is 0 Å². The first-order valence-corrected chi connectivity index (χ1v) is 31.6. The van der Waals surface area contributed by atoms with Gasteiger partial charge in [0.2, 0.25) is 0 Å². The summed E-state index contributed by atoms with van der Waals surface area (Å²) in [6.45, 7) is 6.60. The molecule has 0 radical (unpaired) electrons. The maximum atomic E-state index is 12.9. The fourth-order valence-corrected chi connectivity index (χ4v) is 8.80. The van der Waals surface area contributed by atoms with E-state index in [1.807, 2.05) is 0 Å². The molecule has 6 nitrogen and oxygen atoms in total. The van der Waals surface area contributed by atoms with E-state index in [0.717, 1.165) is 109 Å². The van der Waals surface area contributed by atoms with Gasteiger partial charge in [-0.05, 0) is 122 Å². The number of rotatable bonds is 57. The van der Waals surface area contributed by atoms with Gasteiger partial charge in [0, 0.05) is 19.3 Å². The minimum atomic E-state index is -0.794. The summed E-state index contributed by atoms with van der Waals surface area (Å²) in [4.78, 5) is 38.3. The van der Waals surface area contributed by atoms with Gasteiger partial charge in [-0.15, -0.1) is 0 Å². The summed E-state index contributed by atoms with van der Waals surface area (Å²) in [5.74, 6) is -0.914. The molecular weight excluding hydrogens is 913 g/mol. The van der Waals surface area contributed by atoms with Crippen LogP contribution < -0.4 is 0 Å². The average Bonchev–Trinajstić information content (AvgIpc) is 3.40. The van der Waals surface area contributed by atoms with Crippen LogP contribution in [0, 0.1) is 0 Å². The van der Waals surface area contributed by atoms with Crippen LogP contribution in [0.15, 0.2) is 85.1 Å². The van der Waals surface area contributed by atoms with Crippen LogP contribution >= 0.6 is 0 Å². The lowest BCUT2D eigenvalue weighted by Crippen LogP contribution is -2.30. The fourth-order valence-electron chi connectivity index (χ4n) is 8.80. The molecule has 1 unspecified atom stereocenters. The molecule has 0 aliphatic rings. The van der Waals surface area contributed by atoms with E-state index >= 15 is 0 Å². The van der Waals surface area contributed by atoms with Crippen LogP contribution in [0.25, 0.3) is 0 Å². The van der Waals surface area contributed by atoms with Crippen molar-refractivity contribution in [2.75, 3.05) is 13.2 Å². The number of hydrogen-bond donors (Lipinski definition) is 0. The highest BCUT2D eigenvalue weighted by Gasteiger charge is 2.19. The zero-order chi connectivity index (χ0) is 53.6. The largest absolute Gasteiger partial charge is 0.462 e. The molecule has 0 rings (SSSR count). The summed E-state index contributed by atoms with van der Waals surface area (Å²) in [6, 6.07) is 0. The zero-order valence-electron chi connectivity index (χ0n) is 48.8. The van der Waals surface area contributed by atoms with Gasteiger partial charge >= 0.3 is 17.9 Å². The highest BCUT2D eigenvalue weighted by Crippen LogP contribution is 2.15. The normalized spacial score (nSPS) is 12.6. The molecule has 0 aliphatic carbocycles. The van der Waals surface area contributed by atoms with Crippen molar-refractivity contribution in [2.24, 2.45) is 0 Å². The van der Waals surface area contributed by atoms with Crippen LogP contribution in [-0.4, -0.2) is 37.2 Å². The van der Waals surface area contributed by atoms with Crippen molar-refractivity contribution in [3.63, 3.8) is 0 Å². The van der Waals surface area contributed by atoms with Crippen molar-refractivity contribution < 1.29 is 28.6 Å². The van der Waals surface area contributed by atoms with Crippen molar-refractivity contribution in [3.8, 4) is 0 Å². The molecule has 0 amide bonds. The third-order valence-corrected chi connectivity index (χ3v) is 13.6. The average molecular weight is 1030 g/mol. The molecule has 0 aliphatic heterocycles.